The molecule has 0 bridgehead atoms. The van der Waals surface area contributed by atoms with E-state index in [1.807, 2.05) is 0 Å². The molecule has 0 unspecified atom stereocenters. The average molecular weight is 422 g/mol. The van der Waals surface area contributed by atoms with Crippen LogP contribution in [0.15, 0.2) is 49.3 Å². The molecule has 0 saturated heterocycles. The van der Waals surface area contributed by atoms with Gasteiger partial charge in [-0.1, -0.05) is 18.7 Å². The molecule has 1 aromatic heterocycles. The molecule has 0 spiro atoms. The molecule has 0 aliphatic carbocycles. The Kier molecular flexibility index (Phi) is 6.55. The van der Waals surface area contributed by atoms with Crippen LogP contribution in [0.5, 0.6) is 17.2 Å². The summed E-state index contributed by atoms with van der Waals surface area (Å²) in [6, 6.07) is 7.68. The largest absolute Gasteiger partial charge is 0.493 e. The number of nitrogens with one attached hydrogen (secondary N) is 1. The lowest BCUT2D eigenvalue weighted by Gasteiger charge is -2.18. The van der Waals surface area contributed by atoms with Gasteiger partial charge >= 0.3 is 0 Å². The third kappa shape index (κ3) is 4.35. The van der Waals surface area contributed by atoms with Gasteiger partial charge in [0.15, 0.2) is 11.5 Å². The quantitative estimate of drug-likeness (QED) is 0.573. The van der Waals surface area contributed by atoms with E-state index in [2.05, 4.69) is 16.9 Å². The highest BCUT2D eigenvalue weighted by molar-refractivity contribution is 6.05. The van der Waals surface area contributed by atoms with Crippen molar-refractivity contribution in [2.24, 2.45) is 0 Å². The molecule has 0 fully saturated rings. The van der Waals surface area contributed by atoms with Crippen LogP contribution in [0.3, 0.4) is 0 Å². The Morgan fingerprint density at radius 2 is 1.81 bits per heavy atom. The Morgan fingerprint density at radius 1 is 1.06 bits per heavy atom. The zero-order chi connectivity index (χ0) is 22.5. The molecule has 0 atom stereocenters. The maximum atomic E-state index is 13.6. The standard InChI is InChI=1S/C24H23FN2O4/c1-6-18-19(11-21(29-3)23(31-5)22(18)30-4)15-9-16(13-26-12-15)24(28)27-20-10-17(25)8-7-14(20)2/h6-13H,1H2,2-5H3,(H,27,28). The van der Waals surface area contributed by atoms with Crippen molar-refractivity contribution in [2.75, 3.05) is 26.6 Å². The molecule has 0 aliphatic heterocycles. The van der Waals surface area contributed by atoms with E-state index in [1.54, 1.807) is 37.4 Å². The molecule has 1 heterocycles. The van der Waals surface area contributed by atoms with Gasteiger partial charge in [0.2, 0.25) is 5.75 Å². The molecule has 31 heavy (non-hydrogen) atoms. The highest BCUT2D eigenvalue weighted by Gasteiger charge is 2.21. The maximum absolute atomic E-state index is 13.6. The first kappa shape index (κ1) is 21.8. The molecule has 1 N–H and O–H groups in total. The van der Waals surface area contributed by atoms with Gasteiger partial charge in [-0.2, -0.15) is 0 Å². The molecule has 0 radical (unpaired) electrons. The average Bonchev–Trinajstić information content (AvgIpc) is 2.79. The van der Waals surface area contributed by atoms with Crippen LogP contribution < -0.4 is 19.5 Å². The molecular formula is C24H23FN2O4. The highest BCUT2D eigenvalue weighted by atomic mass is 19.1. The normalized spacial score (nSPS) is 10.4. The third-order valence-electron chi connectivity index (χ3n) is 4.83. The van der Waals surface area contributed by atoms with Gasteiger partial charge in [0.05, 0.1) is 26.9 Å². The number of benzene rings is 2. The van der Waals surface area contributed by atoms with Crippen molar-refractivity contribution in [1.29, 1.82) is 0 Å². The van der Waals surface area contributed by atoms with Crippen LogP contribution in [0, 0.1) is 12.7 Å². The number of pyridine rings is 1. The van der Waals surface area contributed by atoms with E-state index in [-0.39, 0.29) is 0 Å². The van der Waals surface area contributed by atoms with E-state index in [0.29, 0.717) is 45.2 Å². The van der Waals surface area contributed by atoms with Crippen molar-refractivity contribution < 1.29 is 23.4 Å². The molecule has 3 aromatic rings. The molecular weight excluding hydrogens is 399 g/mol. The van der Waals surface area contributed by atoms with E-state index in [4.69, 9.17) is 14.2 Å². The molecule has 2 aromatic carbocycles. The number of aromatic nitrogens is 1. The lowest BCUT2D eigenvalue weighted by molar-refractivity contribution is 0.102. The summed E-state index contributed by atoms with van der Waals surface area (Å²) in [5, 5.41) is 2.73. The lowest BCUT2D eigenvalue weighted by Crippen LogP contribution is -2.13. The van der Waals surface area contributed by atoms with E-state index < -0.39 is 11.7 Å². The van der Waals surface area contributed by atoms with E-state index >= 15 is 0 Å². The Balaban J connectivity index is 2.06. The van der Waals surface area contributed by atoms with Gasteiger partial charge in [-0.3, -0.25) is 9.78 Å². The van der Waals surface area contributed by atoms with Crippen LogP contribution in [0.25, 0.3) is 17.2 Å². The second-order valence-corrected chi connectivity index (χ2v) is 6.69. The molecule has 7 heteroatoms. The number of aryl methyl sites for hydroxylation is 1. The lowest BCUT2D eigenvalue weighted by atomic mass is 9.97. The van der Waals surface area contributed by atoms with Crippen molar-refractivity contribution in [3.63, 3.8) is 0 Å². The number of carbonyl (C=O) groups excluding carboxylic acids is 1. The summed E-state index contributed by atoms with van der Waals surface area (Å²) in [4.78, 5) is 17.0. The van der Waals surface area contributed by atoms with Gasteiger partial charge in [-0.25, -0.2) is 4.39 Å². The van der Waals surface area contributed by atoms with Crippen LogP contribution in [-0.2, 0) is 0 Å². The third-order valence-corrected chi connectivity index (χ3v) is 4.83. The van der Waals surface area contributed by atoms with Crippen LogP contribution in [0.1, 0.15) is 21.5 Å². The molecule has 1 amide bonds. The fourth-order valence-electron chi connectivity index (χ4n) is 3.25. The summed E-state index contributed by atoms with van der Waals surface area (Å²) in [5.74, 6) is 0.519. The van der Waals surface area contributed by atoms with E-state index in [1.165, 1.54) is 39.7 Å². The first-order valence-electron chi connectivity index (χ1n) is 9.41. The zero-order valence-electron chi connectivity index (χ0n) is 17.8. The predicted molar refractivity (Wildman–Crippen MR) is 119 cm³/mol. The summed E-state index contributed by atoms with van der Waals surface area (Å²) >= 11 is 0. The molecule has 0 aliphatic rings. The topological polar surface area (TPSA) is 69.7 Å². The first-order valence-corrected chi connectivity index (χ1v) is 9.41. The monoisotopic (exact) mass is 422 g/mol. The van der Waals surface area contributed by atoms with Gasteiger partial charge in [-0.15, -0.1) is 0 Å². The van der Waals surface area contributed by atoms with Crippen LogP contribution in [0.2, 0.25) is 0 Å². The van der Waals surface area contributed by atoms with Gasteiger partial charge in [0.1, 0.15) is 5.82 Å². The zero-order valence-corrected chi connectivity index (χ0v) is 17.8. The van der Waals surface area contributed by atoms with Crippen LogP contribution in [0.4, 0.5) is 10.1 Å². The summed E-state index contributed by atoms with van der Waals surface area (Å²) in [7, 11) is 4.57. The van der Waals surface area contributed by atoms with E-state index in [9.17, 15) is 9.18 Å². The summed E-state index contributed by atoms with van der Waals surface area (Å²) in [6.07, 6.45) is 4.70. The predicted octanol–water partition coefficient (Wildman–Crippen LogP) is 5.12. The number of methoxy groups -OCH3 is 3. The molecule has 160 valence electrons. The van der Waals surface area contributed by atoms with Crippen LogP contribution >= 0.6 is 0 Å². The number of halogens is 1. The fourth-order valence-corrected chi connectivity index (χ4v) is 3.25. The molecule has 3 rings (SSSR count). The smallest absolute Gasteiger partial charge is 0.257 e. The minimum atomic E-state index is -0.430. The number of amides is 1. The Morgan fingerprint density at radius 3 is 2.45 bits per heavy atom. The number of carbonyl (C=O) groups is 1. The number of nitrogens with zero attached hydrogens (tertiary/aromatic N) is 1. The maximum Gasteiger partial charge on any atom is 0.257 e. The first-order chi connectivity index (χ1) is 14.9. The minimum absolute atomic E-state index is 0.310. The molecule has 6 nitrogen and oxygen atoms in total. The number of hydrogen-bond donors (Lipinski definition) is 1. The second-order valence-electron chi connectivity index (χ2n) is 6.69. The van der Waals surface area contributed by atoms with Crippen molar-refractivity contribution in [3.05, 3.63) is 71.8 Å². The Labute approximate surface area is 180 Å². The highest BCUT2D eigenvalue weighted by Crippen LogP contribution is 2.45. The minimum Gasteiger partial charge on any atom is -0.493 e. The van der Waals surface area contributed by atoms with Crippen molar-refractivity contribution >= 4 is 17.7 Å². The van der Waals surface area contributed by atoms with Crippen molar-refractivity contribution in [2.45, 2.75) is 6.92 Å². The van der Waals surface area contributed by atoms with Crippen molar-refractivity contribution in [1.82, 2.24) is 4.98 Å². The Hall–Kier alpha value is -3.87. The van der Waals surface area contributed by atoms with Crippen molar-refractivity contribution in [3.8, 4) is 28.4 Å². The molecule has 0 saturated carbocycles. The Bertz CT molecular complexity index is 1140. The summed E-state index contributed by atoms with van der Waals surface area (Å²) in [5.41, 5.74) is 3.48. The van der Waals surface area contributed by atoms with Crippen LogP contribution in [-0.4, -0.2) is 32.2 Å². The summed E-state index contributed by atoms with van der Waals surface area (Å²) in [6.45, 7) is 5.66. The SMILES string of the molecule is C=Cc1c(-c2cncc(C(=O)Nc3cc(F)ccc3C)c2)cc(OC)c(OC)c1OC. The number of ether oxygens (including phenoxy) is 3. The van der Waals surface area contributed by atoms with Gasteiger partial charge in [0, 0.05) is 29.2 Å². The number of rotatable bonds is 7. The van der Waals surface area contributed by atoms with E-state index in [0.717, 1.165) is 5.56 Å². The number of hydrogen-bond acceptors (Lipinski definition) is 5. The van der Waals surface area contributed by atoms with Gasteiger partial charge in [-0.05, 0) is 42.3 Å². The van der Waals surface area contributed by atoms with Gasteiger partial charge in [0.25, 0.3) is 5.91 Å². The second kappa shape index (κ2) is 9.30. The number of anilines is 1. The van der Waals surface area contributed by atoms with Gasteiger partial charge < -0.3 is 19.5 Å². The fraction of sp³-hybridized carbons (Fsp3) is 0.167. The summed E-state index contributed by atoms with van der Waals surface area (Å²) < 4.78 is 30.0.